The maximum absolute atomic E-state index is 11.0. The van der Waals surface area contributed by atoms with Crippen molar-refractivity contribution in [2.45, 2.75) is 51.4 Å². The second-order valence-electron chi connectivity index (χ2n) is 6.45. The average Bonchev–Trinajstić information content (AvgIpc) is 3.11. The average molecular weight is 354 g/mol. The van der Waals surface area contributed by atoms with Crippen molar-refractivity contribution in [1.29, 1.82) is 0 Å². The van der Waals surface area contributed by atoms with Crippen molar-refractivity contribution in [2.24, 2.45) is 4.99 Å². The van der Waals surface area contributed by atoms with Gasteiger partial charge in [0.25, 0.3) is 0 Å². The molecule has 6 heteroatoms. The minimum atomic E-state index is -0.119. The number of carbonyl (C=O) groups excluding carboxylic acids is 1. The van der Waals surface area contributed by atoms with Crippen LogP contribution < -0.4 is 10.6 Å². The van der Waals surface area contributed by atoms with Gasteiger partial charge < -0.3 is 15.4 Å². The molecule has 0 aliphatic heterocycles. The number of thiophene rings is 1. The van der Waals surface area contributed by atoms with E-state index in [4.69, 9.17) is 0 Å². The molecule has 0 amide bonds. The smallest absolute Gasteiger partial charge is 0.305 e. The van der Waals surface area contributed by atoms with E-state index in [1.807, 2.05) is 0 Å². The van der Waals surface area contributed by atoms with E-state index in [1.54, 1.807) is 18.4 Å². The number of guanidine groups is 1. The van der Waals surface area contributed by atoms with Crippen LogP contribution in [0.15, 0.2) is 22.5 Å². The zero-order valence-corrected chi connectivity index (χ0v) is 16.2. The van der Waals surface area contributed by atoms with Gasteiger partial charge in [0.05, 0.1) is 7.11 Å². The van der Waals surface area contributed by atoms with Crippen molar-refractivity contribution in [2.75, 3.05) is 27.2 Å². The SMILES string of the molecule is CN=C(NCCCCCCC(=O)OC)NCC(C)(C)c1cccs1. The number of methoxy groups -OCH3 is 1. The summed E-state index contributed by atoms with van der Waals surface area (Å²) in [5.74, 6) is 0.722. The normalized spacial score (nSPS) is 12.1. The highest BCUT2D eigenvalue weighted by molar-refractivity contribution is 7.10. The minimum Gasteiger partial charge on any atom is -0.469 e. The number of rotatable bonds is 10. The van der Waals surface area contributed by atoms with Crippen LogP contribution in [0.1, 0.15) is 50.8 Å². The van der Waals surface area contributed by atoms with Crippen molar-refractivity contribution in [3.63, 3.8) is 0 Å². The topological polar surface area (TPSA) is 62.7 Å². The molecule has 24 heavy (non-hydrogen) atoms. The Balaban J connectivity index is 2.16. The number of carbonyl (C=O) groups is 1. The molecular formula is C18H31N3O2S. The van der Waals surface area contributed by atoms with Gasteiger partial charge in [0, 0.05) is 36.9 Å². The number of hydrogen-bond donors (Lipinski definition) is 2. The van der Waals surface area contributed by atoms with Gasteiger partial charge in [-0.05, 0) is 24.3 Å². The lowest BCUT2D eigenvalue weighted by atomic mass is 9.91. The van der Waals surface area contributed by atoms with E-state index in [0.717, 1.165) is 44.7 Å². The highest BCUT2D eigenvalue weighted by atomic mass is 32.1. The van der Waals surface area contributed by atoms with E-state index in [0.29, 0.717) is 6.42 Å². The van der Waals surface area contributed by atoms with E-state index in [2.05, 4.69) is 51.7 Å². The molecular weight excluding hydrogens is 322 g/mol. The number of esters is 1. The molecule has 0 aliphatic carbocycles. The molecule has 1 aromatic rings. The Bertz CT molecular complexity index is 498. The highest BCUT2D eigenvalue weighted by Crippen LogP contribution is 2.26. The molecule has 1 aromatic heterocycles. The van der Waals surface area contributed by atoms with Crippen LogP contribution in [-0.2, 0) is 14.9 Å². The third-order valence-electron chi connectivity index (χ3n) is 3.94. The van der Waals surface area contributed by atoms with Crippen molar-refractivity contribution >= 4 is 23.3 Å². The molecule has 0 unspecified atom stereocenters. The van der Waals surface area contributed by atoms with Crippen LogP contribution in [0.2, 0.25) is 0 Å². The lowest BCUT2D eigenvalue weighted by Crippen LogP contribution is -2.43. The Labute approximate surface area is 149 Å². The molecule has 0 saturated carbocycles. The van der Waals surface area contributed by atoms with Gasteiger partial charge >= 0.3 is 5.97 Å². The largest absolute Gasteiger partial charge is 0.469 e. The molecule has 0 atom stereocenters. The summed E-state index contributed by atoms with van der Waals surface area (Å²) in [6.45, 7) is 6.20. The third-order valence-corrected chi connectivity index (χ3v) is 5.17. The van der Waals surface area contributed by atoms with Gasteiger partial charge in [-0.25, -0.2) is 0 Å². The molecule has 1 heterocycles. The minimum absolute atomic E-state index is 0.0830. The van der Waals surface area contributed by atoms with E-state index in [1.165, 1.54) is 12.0 Å². The molecule has 0 bridgehead atoms. The monoisotopic (exact) mass is 353 g/mol. The molecule has 2 N–H and O–H groups in total. The number of nitrogens with one attached hydrogen (secondary N) is 2. The number of nitrogens with zero attached hydrogens (tertiary/aromatic N) is 1. The van der Waals surface area contributed by atoms with E-state index >= 15 is 0 Å². The van der Waals surface area contributed by atoms with E-state index in [-0.39, 0.29) is 11.4 Å². The molecule has 136 valence electrons. The molecule has 0 fully saturated rings. The van der Waals surface area contributed by atoms with Gasteiger partial charge in [0.1, 0.15) is 0 Å². The van der Waals surface area contributed by atoms with Crippen LogP contribution in [0, 0.1) is 0 Å². The molecule has 5 nitrogen and oxygen atoms in total. The lowest BCUT2D eigenvalue weighted by molar-refractivity contribution is -0.140. The quantitative estimate of drug-likeness (QED) is 0.293. The maximum Gasteiger partial charge on any atom is 0.305 e. The molecule has 0 aromatic carbocycles. The van der Waals surface area contributed by atoms with E-state index in [9.17, 15) is 4.79 Å². The van der Waals surface area contributed by atoms with Crippen LogP contribution in [0.4, 0.5) is 0 Å². The molecule has 0 saturated heterocycles. The standard InChI is InChI=1S/C18H31N3O2S/c1-18(2,15-10-9-13-24-15)14-21-17(19-3)20-12-8-6-5-7-11-16(22)23-4/h9-10,13H,5-8,11-12,14H2,1-4H3,(H2,19,20,21). The summed E-state index contributed by atoms with van der Waals surface area (Å²) in [4.78, 5) is 16.7. The Hall–Kier alpha value is -1.56. The molecule has 0 aliphatic rings. The summed E-state index contributed by atoms with van der Waals surface area (Å²) in [5.41, 5.74) is 0.0830. The van der Waals surface area contributed by atoms with Gasteiger partial charge in [0.2, 0.25) is 0 Å². The second-order valence-corrected chi connectivity index (χ2v) is 7.40. The molecule has 1 rings (SSSR count). The fourth-order valence-corrected chi connectivity index (χ4v) is 3.18. The van der Waals surface area contributed by atoms with Crippen molar-refractivity contribution in [1.82, 2.24) is 10.6 Å². The fourth-order valence-electron chi connectivity index (χ4n) is 2.33. The summed E-state index contributed by atoms with van der Waals surface area (Å²) < 4.78 is 4.63. The molecule has 0 spiro atoms. The number of unbranched alkanes of at least 4 members (excludes halogenated alkanes) is 3. The highest BCUT2D eigenvalue weighted by Gasteiger charge is 2.21. The number of ether oxygens (including phenoxy) is 1. The predicted molar refractivity (Wildman–Crippen MR) is 102 cm³/mol. The fraction of sp³-hybridized carbons (Fsp3) is 0.667. The van der Waals surface area contributed by atoms with Crippen molar-refractivity contribution in [3.8, 4) is 0 Å². The summed E-state index contributed by atoms with van der Waals surface area (Å²) in [5, 5.41) is 8.87. The van der Waals surface area contributed by atoms with Crippen molar-refractivity contribution in [3.05, 3.63) is 22.4 Å². The Morgan fingerprint density at radius 1 is 1.25 bits per heavy atom. The Morgan fingerprint density at radius 3 is 2.62 bits per heavy atom. The summed E-state index contributed by atoms with van der Waals surface area (Å²) in [6, 6.07) is 4.27. The van der Waals surface area contributed by atoms with Crippen LogP contribution in [-0.4, -0.2) is 39.2 Å². The first-order valence-corrected chi connectivity index (χ1v) is 9.43. The van der Waals surface area contributed by atoms with Crippen LogP contribution in [0.25, 0.3) is 0 Å². The number of hydrogen-bond acceptors (Lipinski definition) is 4. The zero-order chi connectivity index (χ0) is 17.8. The van der Waals surface area contributed by atoms with E-state index < -0.39 is 0 Å². The molecule has 0 radical (unpaired) electrons. The summed E-state index contributed by atoms with van der Waals surface area (Å²) in [7, 11) is 3.23. The van der Waals surface area contributed by atoms with Crippen molar-refractivity contribution < 1.29 is 9.53 Å². The first kappa shape index (κ1) is 20.5. The van der Waals surface area contributed by atoms with Crippen LogP contribution in [0.5, 0.6) is 0 Å². The Morgan fingerprint density at radius 2 is 2.00 bits per heavy atom. The van der Waals surface area contributed by atoms with Gasteiger partial charge in [0.15, 0.2) is 5.96 Å². The first-order chi connectivity index (χ1) is 11.5. The second kappa shape index (κ2) is 11.1. The predicted octanol–water partition coefficient (Wildman–Crippen LogP) is 3.31. The third kappa shape index (κ3) is 7.81. The van der Waals surface area contributed by atoms with Gasteiger partial charge in [-0.3, -0.25) is 9.79 Å². The zero-order valence-electron chi connectivity index (χ0n) is 15.4. The number of aliphatic imine (C=N–C) groups is 1. The Kier molecular flexibility index (Phi) is 9.45. The van der Waals surface area contributed by atoms with Crippen LogP contribution >= 0.6 is 11.3 Å². The summed E-state index contributed by atoms with van der Waals surface area (Å²) >= 11 is 1.79. The first-order valence-electron chi connectivity index (χ1n) is 8.55. The maximum atomic E-state index is 11.0. The summed E-state index contributed by atoms with van der Waals surface area (Å²) in [6.07, 6.45) is 4.63. The van der Waals surface area contributed by atoms with Crippen LogP contribution in [0.3, 0.4) is 0 Å². The van der Waals surface area contributed by atoms with Gasteiger partial charge in [-0.2, -0.15) is 0 Å². The van der Waals surface area contributed by atoms with Gasteiger partial charge in [-0.1, -0.05) is 32.8 Å². The lowest BCUT2D eigenvalue weighted by Gasteiger charge is -2.25. The van der Waals surface area contributed by atoms with Gasteiger partial charge in [-0.15, -0.1) is 11.3 Å².